The van der Waals surface area contributed by atoms with Crippen molar-refractivity contribution in [1.29, 1.82) is 0 Å². The van der Waals surface area contributed by atoms with E-state index in [1.165, 1.54) is 64.2 Å². The lowest BCUT2D eigenvalue weighted by molar-refractivity contribution is -0.153. The van der Waals surface area contributed by atoms with Gasteiger partial charge in [-0.05, 0) is 51.2 Å². The molecule has 4 nitrogen and oxygen atoms in total. The minimum Gasteiger partial charge on any atom is -0.413 e. The van der Waals surface area contributed by atoms with Crippen LogP contribution in [0.3, 0.4) is 0 Å². The summed E-state index contributed by atoms with van der Waals surface area (Å²) in [4.78, 5) is 12.9. The lowest BCUT2D eigenvalue weighted by Gasteiger charge is -2.39. The maximum atomic E-state index is 12.9. The van der Waals surface area contributed by atoms with Gasteiger partial charge in [0.25, 0.3) is 0 Å². The average Bonchev–Trinajstić information content (AvgIpc) is 3.10. The number of rotatable bonds is 18. The average molecular weight is 497 g/mol. The Morgan fingerprint density at radius 1 is 1.00 bits per heavy atom. The Kier molecular flexibility index (Phi) is 14.5. The molecule has 0 amide bonds. The van der Waals surface area contributed by atoms with Crippen LogP contribution in [-0.4, -0.2) is 38.7 Å². The van der Waals surface area contributed by atoms with E-state index in [4.69, 9.17) is 13.9 Å². The summed E-state index contributed by atoms with van der Waals surface area (Å²) in [6.45, 7) is 17.6. The largest absolute Gasteiger partial charge is 0.413 e. The van der Waals surface area contributed by atoms with Gasteiger partial charge in [-0.3, -0.25) is 4.79 Å². The predicted molar refractivity (Wildman–Crippen MR) is 147 cm³/mol. The van der Waals surface area contributed by atoms with Gasteiger partial charge in [0, 0.05) is 6.42 Å². The molecule has 34 heavy (non-hydrogen) atoms. The second-order valence-corrected chi connectivity index (χ2v) is 16.9. The third-order valence-corrected chi connectivity index (χ3v) is 11.9. The van der Waals surface area contributed by atoms with Gasteiger partial charge in [0.05, 0.1) is 12.7 Å². The number of Topliss-reactive ketones (excluding diaryl/α,β-unsaturated/α-hetero) is 1. The standard InChI is InChI=1S/C29H56O4Si/c1-9-10-11-12-13-14-15-16-17-18-19-20-21-22-25(33-34(7,8)28(2,3)4)23-26(30)27-24-31-29(5,6)32-27/h20-21,25,27H,9-19,22-24H2,1-8H3/b21-20+/t25-,27+/m0/s1. The number of carbonyl (C=O) groups is 1. The fraction of sp³-hybridized carbons (Fsp3) is 0.897. The molecule has 0 bridgehead atoms. The molecule has 1 fully saturated rings. The van der Waals surface area contributed by atoms with Crippen LogP contribution in [0.2, 0.25) is 18.1 Å². The minimum absolute atomic E-state index is 0.0929. The molecule has 5 heteroatoms. The van der Waals surface area contributed by atoms with Gasteiger partial charge < -0.3 is 13.9 Å². The summed E-state index contributed by atoms with van der Waals surface area (Å²) in [5, 5.41) is 0.114. The molecule has 1 rings (SSSR count). The van der Waals surface area contributed by atoms with Crippen molar-refractivity contribution in [2.45, 2.75) is 161 Å². The fourth-order valence-electron chi connectivity index (χ4n) is 4.08. The molecule has 0 radical (unpaired) electrons. The van der Waals surface area contributed by atoms with Gasteiger partial charge >= 0.3 is 0 Å². The zero-order valence-electron chi connectivity index (χ0n) is 23.8. The minimum atomic E-state index is -1.97. The third kappa shape index (κ3) is 13.0. The van der Waals surface area contributed by atoms with Gasteiger partial charge in [0.1, 0.15) is 6.10 Å². The molecule has 1 aliphatic rings. The van der Waals surface area contributed by atoms with E-state index in [0.29, 0.717) is 13.0 Å². The lowest BCUT2D eigenvalue weighted by Crippen LogP contribution is -2.45. The van der Waals surface area contributed by atoms with E-state index in [0.717, 1.165) is 12.8 Å². The highest BCUT2D eigenvalue weighted by atomic mass is 28.4. The number of ether oxygens (including phenoxy) is 2. The topological polar surface area (TPSA) is 44.8 Å². The van der Waals surface area contributed by atoms with Crippen molar-refractivity contribution in [3.63, 3.8) is 0 Å². The number of hydrogen-bond donors (Lipinski definition) is 0. The third-order valence-electron chi connectivity index (χ3n) is 7.35. The summed E-state index contributed by atoms with van der Waals surface area (Å²) in [6.07, 6.45) is 19.9. The second-order valence-electron chi connectivity index (χ2n) is 12.2. The quantitative estimate of drug-likeness (QED) is 0.108. The molecule has 0 spiro atoms. The van der Waals surface area contributed by atoms with Gasteiger partial charge in [-0.1, -0.05) is 97.6 Å². The molecule has 2 atom stereocenters. The Morgan fingerprint density at radius 3 is 2.06 bits per heavy atom. The summed E-state index contributed by atoms with van der Waals surface area (Å²) in [5.41, 5.74) is 0. The first-order valence-corrected chi connectivity index (χ1v) is 17.0. The summed E-state index contributed by atoms with van der Waals surface area (Å²) in [7, 11) is -1.97. The Morgan fingerprint density at radius 2 is 1.56 bits per heavy atom. The second kappa shape index (κ2) is 15.6. The van der Waals surface area contributed by atoms with Gasteiger partial charge in [-0.2, -0.15) is 0 Å². The van der Waals surface area contributed by atoms with Crippen molar-refractivity contribution < 1.29 is 18.7 Å². The highest BCUT2D eigenvalue weighted by Gasteiger charge is 2.41. The molecule has 0 aromatic heterocycles. The first-order chi connectivity index (χ1) is 15.9. The van der Waals surface area contributed by atoms with E-state index < -0.39 is 20.2 Å². The SMILES string of the molecule is CCCCCCCCCCCC/C=C/C[C@@H](CC(=O)[C@H]1COC(C)(C)O1)O[Si](C)(C)C(C)(C)C. The highest BCUT2D eigenvalue weighted by Crippen LogP contribution is 2.38. The summed E-state index contributed by atoms with van der Waals surface area (Å²) in [5.74, 6) is -0.581. The highest BCUT2D eigenvalue weighted by molar-refractivity contribution is 6.74. The van der Waals surface area contributed by atoms with E-state index in [9.17, 15) is 4.79 Å². The van der Waals surface area contributed by atoms with E-state index in [1.807, 2.05) is 13.8 Å². The summed E-state index contributed by atoms with van der Waals surface area (Å²) >= 11 is 0. The van der Waals surface area contributed by atoms with Crippen LogP contribution in [0.15, 0.2) is 12.2 Å². The monoisotopic (exact) mass is 496 g/mol. The van der Waals surface area contributed by atoms with Crippen LogP contribution >= 0.6 is 0 Å². The van der Waals surface area contributed by atoms with E-state index >= 15 is 0 Å². The molecule has 0 saturated carbocycles. The Labute approximate surface area is 212 Å². The smallest absolute Gasteiger partial charge is 0.192 e. The van der Waals surface area contributed by atoms with E-state index in [2.05, 4.69) is 52.9 Å². The number of allylic oxidation sites excluding steroid dienone is 1. The number of ketones is 1. The van der Waals surface area contributed by atoms with Crippen molar-refractivity contribution in [1.82, 2.24) is 0 Å². The van der Waals surface area contributed by atoms with E-state index in [-0.39, 0.29) is 16.9 Å². The van der Waals surface area contributed by atoms with Gasteiger partial charge in [0.15, 0.2) is 19.9 Å². The van der Waals surface area contributed by atoms with Crippen LogP contribution in [0.1, 0.15) is 125 Å². The Hall–Kier alpha value is -0.493. The zero-order valence-corrected chi connectivity index (χ0v) is 24.8. The predicted octanol–water partition coefficient (Wildman–Crippen LogP) is 8.74. The summed E-state index contributed by atoms with van der Waals surface area (Å²) in [6, 6.07) is 0. The van der Waals surface area contributed by atoms with Gasteiger partial charge in [0.2, 0.25) is 0 Å². The van der Waals surface area contributed by atoms with Crippen LogP contribution < -0.4 is 0 Å². The molecule has 0 N–H and O–H groups in total. The summed E-state index contributed by atoms with van der Waals surface area (Å²) < 4.78 is 18.1. The maximum Gasteiger partial charge on any atom is 0.192 e. The lowest BCUT2D eigenvalue weighted by atomic mass is 10.0. The van der Waals surface area contributed by atoms with Crippen LogP contribution in [0.5, 0.6) is 0 Å². The Balaban J connectivity index is 2.41. The van der Waals surface area contributed by atoms with Crippen molar-refractivity contribution in [2.24, 2.45) is 0 Å². The molecule has 1 aliphatic heterocycles. The normalized spacial score (nSPS) is 19.7. The molecule has 1 heterocycles. The van der Waals surface area contributed by atoms with Crippen molar-refractivity contribution in [3.05, 3.63) is 12.2 Å². The molecule has 0 aromatic rings. The molecule has 1 saturated heterocycles. The van der Waals surface area contributed by atoms with Crippen LogP contribution in [-0.2, 0) is 18.7 Å². The van der Waals surface area contributed by atoms with Crippen molar-refractivity contribution >= 4 is 14.1 Å². The van der Waals surface area contributed by atoms with Crippen LogP contribution in [0.25, 0.3) is 0 Å². The van der Waals surface area contributed by atoms with Gasteiger partial charge in [-0.15, -0.1) is 0 Å². The van der Waals surface area contributed by atoms with Gasteiger partial charge in [-0.25, -0.2) is 0 Å². The van der Waals surface area contributed by atoms with E-state index in [1.54, 1.807) is 0 Å². The molecular formula is C29H56O4Si. The first kappa shape index (κ1) is 31.5. The molecule has 0 aromatic carbocycles. The maximum absolute atomic E-state index is 12.9. The molecular weight excluding hydrogens is 440 g/mol. The first-order valence-electron chi connectivity index (χ1n) is 14.1. The molecule has 0 aliphatic carbocycles. The van der Waals surface area contributed by atoms with Crippen molar-refractivity contribution in [3.8, 4) is 0 Å². The number of carbonyl (C=O) groups excluding carboxylic acids is 1. The molecule has 0 unspecified atom stereocenters. The zero-order chi connectivity index (χ0) is 25.7. The molecule has 200 valence electrons. The van der Waals surface area contributed by atoms with Crippen LogP contribution in [0, 0.1) is 0 Å². The number of hydrogen-bond acceptors (Lipinski definition) is 4. The van der Waals surface area contributed by atoms with Crippen LogP contribution in [0.4, 0.5) is 0 Å². The van der Waals surface area contributed by atoms with Crippen molar-refractivity contribution in [2.75, 3.05) is 6.61 Å². The number of unbranched alkanes of at least 4 members (excludes halogenated alkanes) is 10. The Bertz CT molecular complexity index is 591. The fourth-order valence-corrected chi connectivity index (χ4v) is 5.45.